The highest BCUT2D eigenvalue weighted by Gasteiger charge is 2.17. The highest BCUT2D eigenvalue weighted by Crippen LogP contribution is 2.23. The molecule has 5 nitrogen and oxygen atoms in total. The molecule has 0 aromatic heterocycles. The zero-order valence-corrected chi connectivity index (χ0v) is 8.68. The van der Waals surface area contributed by atoms with Crippen LogP contribution in [0.25, 0.3) is 0 Å². The lowest BCUT2D eigenvalue weighted by atomic mass is 10.0. The molecule has 1 rings (SSSR count). The van der Waals surface area contributed by atoms with E-state index in [9.17, 15) is 15.2 Å². The van der Waals surface area contributed by atoms with Gasteiger partial charge in [0.25, 0.3) is 5.69 Å². The van der Waals surface area contributed by atoms with Gasteiger partial charge in [-0.1, -0.05) is 12.1 Å². The summed E-state index contributed by atoms with van der Waals surface area (Å²) in [5.74, 6) is 0. The number of aliphatic hydroxyl groups is 1. The SMILES string of the molecule is Cc1ccc([C@@H](N)[C@H](C)O)cc1[N+](=O)[O-]. The second-order valence-corrected chi connectivity index (χ2v) is 3.57. The average Bonchev–Trinajstić information content (AvgIpc) is 2.16. The molecule has 0 spiro atoms. The number of nitrogens with two attached hydrogens (primary N) is 1. The van der Waals surface area contributed by atoms with Crippen molar-refractivity contribution < 1.29 is 10.0 Å². The fraction of sp³-hybridized carbons (Fsp3) is 0.400. The normalized spacial score (nSPS) is 14.7. The van der Waals surface area contributed by atoms with Gasteiger partial charge in [0.15, 0.2) is 0 Å². The van der Waals surface area contributed by atoms with E-state index < -0.39 is 17.1 Å². The first-order valence-electron chi connectivity index (χ1n) is 4.62. The molecule has 1 aromatic rings. The van der Waals surface area contributed by atoms with Crippen LogP contribution in [0.1, 0.15) is 24.1 Å². The van der Waals surface area contributed by atoms with Crippen LogP contribution < -0.4 is 5.73 Å². The van der Waals surface area contributed by atoms with Crippen molar-refractivity contribution in [2.75, 3.05) is 0 Å². The first-order chi connectivity index (χ1) is 6.93. The maximum absolute atomic E-state index is 10.7. The van der Waals surface area contributed by atoms with Crippen molar-refractivity contribution in [3.63, 3.8) is 0 Å². The molecule has 15 heavy (non-hydrogen) atoms. The van der Waals surface area contributed by atoms with Crippen LogP contribution in [0.4, 0.5) is 5.69 Å². The molecule has 0 aliphatic carbocycles. The Morgan fingerprint density at radius 1 is 1.53 bits per heavy atom. The van der Waals surface area contributed by atoms with Crippen molar-refractivity contribution in [1.29, 1.82) is 0 Å². The second kappa shape index (κ2) is 4.37. The Morgan fingerprint density at radius 3 is 2.60 bits per heavy atom. The lowest BCUT2D eigenvalue weighted by Crippen LogP contribution is -2.23. The van der Waals surface area contributed by atoms with E-state index in [0.717, 1.165) is 0 Å². The van der Waals surface area contributed by atoms with Crippen molar-refractivity contribution >= 4 is 5.69 Å². The van der Waals surface area contributed by atoms with Crippen molar-refractivity contribution in [2.24, 2.45) is 5.73 Å². The van der Waals surface area contributed by atoms with E-state index in [1.165, 1.54) is 6.07 Å². The standard InChI is InChI=1S/C10H14N2O3/c1-6-3-4-8(10(11)7(2)13)5-9(6)12(14)15/h3-5,7,10,13H,11H2,1-2H3/t7-,10-/m0/s1. The van der Waals surface area contributed by atoms with Crippen molar-refractivity contribution in [1.82, 2.24) is 0 Å². The molecule has 0 saturated heterocycles. The highest BCUT2D eigenvalue weighted by molar-refractivity contribution is 5.43. The number of aliphatic hydroxyl groups excluding tert-OH is 1. The molecule has 0 bridgehead atoms. The molecule has 1 aromatic carbocycles. The summed E-state index contributed by atoms with van der Waals surface area (Å²) in [5, 5.41) is 19.9. The summed E-state index contributed by atoms with van der Waals surface area (Å²) in [6.07, 6.45) is -0.729. The first-order valence-corrected chi connectivity index (χ1v) is 4.62. The number of nitro benzene ring substituents is 1. The second-order valence-electron chi connectivity index (χ2n) is 3.57. The Labute approximate surface area is 87.7 Å². The number of hydrogen-bond acceptors (Lipinski definition) is 4. The molecule has 0 saturated carbocycles. The minimum atomic E-state index is -0.729. The quantitative estimate of drug-likeness (QED) is 0.581. The van der Waals surface area contributed by atoms with Crippen LogP contribution in [0, 0.1) is 17.0 Å². The maximum atomic E-state index is 10.7. The Kier molecular flexibility index (Phi) is 3.39. The Morgan fingerprint density at radius 2 is 2.13 bits per heavy atom. The van der Waals surface area contributed by atoms with Crippen LogP contribution in [-0.4, -0.2) is 16.1 Å². The molecular formula is C10H14N2O3. The summed E-state index contributed by atoms with van der Waals surface area (Å²) in [4.78, 5) is 10.2. The van der Waals surface area contributed by atoms with E-state index in [-0.39, 0.29) is 5.69 Å². The Balaban J connectivity index is 3.13. The van der Waals surface area contributed by atoms with Crippen LogP contribution in [-0.2, 0) is 0 Å². The van der Waals surface area contributed by atoms with Crippen LogP contribution in [0.2, 0.25) is 0 Å². The minimum absolute atomic E-state index is 0.0311. The van der Waals surface area contributed by atoms with E-state index in [0.29, 0.717) is 11.1 Å². The molecule has 3 N–H and O–H groups in total. The summed E-state index contributed by atoms with van der Waals surface area (Å²) in [5.41, 5.74) is 6.87. The fourth-order valence-electron chi connectivity index (χ4n) is 1.31. The third kappa shape index (κ3) is 2.51. The summed E-state index contributed by atoms with van der Waals surface area (Å²) in [7, 11) is 0. The molecule has 0 aliphatic rings. The van der Waals surface area contributed by atoms with Crippen molar-refractivity contribution in [3.8, 4) is 0 Å². The predicted octanol–water partition coefficient (Wildman–Crippen LogP) is 1.28. The number of aryl methyl sites for hydroxylation is 1. The average molecular weight is 210 g/mol. The van der Waals surface area contributed by atoms with Crippen LogP contribution in [0.3, 0.4) is 0 Å². The lowest BCUT2D eigenvalue weighted by molar-refractivity contribution is -0.385. The topological polar surface area (TPSA) is 89.4 Å². The lowest BCUT2D eigenvalue weighted by Gasteiger charge is -2.14. The molecular weight excluding hydrogens is 196 g/mol. The van der Waals surface area contributed by atoms with Crippen molar-refractivity contribution in [3.05, 3.63) is 39.4 Å². The number of nitro groups is 1. The number of nitrogens with zero attached hydrogens (tertiary/aromatic N) is 1. The Hall–Kier alpha value is -1.46. The van der Waals surface area contributed by atoms with Gasteiger partial charge in [0, 0.05) is 11.6 Å². The van der Waals surface area contributed by atoms with Crippen LogP contribution in [0.15, 0.2) is 18.2 Å². The van der Waals surface area contributed by atoms with Gasteiger partial charge < -0.3 is 10.8 Å². The zero-order valence-electron chi connectivity index (χ0n) is 8.68. The number of rotatable bonds is 3. The van der Waals surface area contributed by atoms with Crippen molar-refractivity contribution in [2.45, 2.75) is 26.0 Å². The van der Waals surface area contributed by atoms with Gasteiger partial charge in [-0.2, -0.15) is 0 Å². The summed E-state index contributed by atoms with van der Waals surface area (Å²) >= 11 is 0. The van der Waals surface area contributed by atoms with Gasteiger partial charge in [-0.15, -0.1) is 0 Å². The van der Waals surface area contributed by atoms with E-state index in [4.69, 9.17) is 5.73 Å². The zero-order chi connectivity index (χ0) is 11.6. The van der Waals surface area contributed by atoms with Gasteiger partial charge in [-0.25, -0.2) is 0 Å². The molecule has 0 amide bonds. The smallest absolute Gasteiger partial charge is 0.272 e. The van der Waals surface area contributed by atoms with Gasteiger partial charge in [-0.3, -0.25) is 10.1 Å². The molecule has 5 heteroatoms. The maximum Gasteiger partial charge on any atom is 0.272 e. The van der Waals surface area contributed by atoms with Gasteiger partial charge in [0.1, 0.15) is 0 Å². The molecule has 0 aliphatic heterocycles. The Bertz CT molecular complexity index is 377. The third-order valence-electron chi connectivity index (χ3n) is 2.33. The summed E-state index contributed by atoms with van der Waals surface area (Å²) in [6.45, 7) is 3.21. The summed E-state index contributed by atoms with van der Waals surface area (Å²) in [6, 6.07) is 4.14. The first kappa shape index (κ1) is 11.6. The molecule has 0 unspecified atom stereocenters. The number of benzene rings is 1. The van der Waals surface area contributed by atoms with Gasteiger partial charge in [-0.05, 0) is 19.4 Å². The third-order valence-corrected chi connectivity index (χ3v) is 2.33. The molecule has 0 radical (unpaired) electrons. The van der Waals surface area contributed by atoms with Crippen LogP contribution >= 0.6 is 0 Å². The van der Waals surface area contributed by atoms with Crippen LogP contribution in [0.5, 0.6) is 0 Å². The molecule has 82 valence electrons. The summed E-state index contributed by atoms with van der Waals surface area (Å²) < 4.78 is 0. The van der Waals surface area contributed by atoms with Gasteiger partial charge in [0.2, 0.25) is 0 Å². The minimum Gasteiger partial charge on any atom is -0.391 e. The van der Waals surface area contributed by atoms with E-state index in [1.54, 1.807) is 26.0 Å². The van der Waals surface area contributed by atoms with E-state index in [1.807, 2.05) is 0 Å². The molecule has 0 heterocycles. The monoisotopic (exact) mass is 210 g/mol. The fourth-order valence-corrected chi connectivity index (χ4v) is 1.31. The molecule has 2 atom stereocenters. The number of hydrogen-bond donors (Lipinski definition) is 2. The van der Waals surface area contributed by atoms with Gasteiger partial charge in [0.05, 0.1) is 17.1 Å². The van der Waals surface area contributed by atoms with Gasteiger partial charge >= 0.3 is 0 Å². The van der Waals surface area contributed by atoms with E-state index in [2.05, 4.69) is 0 Å². The van der Waals surface area contributed by atoms with E-state index >= 15 is 0 Å². The predicted molar refractivity (Wildman–Crippen MR) is 56.4 cm³/mol. The largest absolute Gasteiger partial charge is 0.391 e. The molecule has 0 fully saturated rings. The highest BCUT2D eigenvalue weighted by atomic mass is 16.6.